The summed E-state index contributed by atoms with van der Waals surface area (Å²) in [7, 11) is -3.06. The Bertz CT molecular complexity index is 610. The van der Waals surface area contributed by atoms with Gasteiger partial charge in [-0.05, 0) is 23.0 Å². The Hall–Kier alpha value is -0.910. The fourth-order valence-corrected chi connectivity index (χ4v) is 4.62. The second-order valence-electron chi connectivity index (χ2n) is 7.79. The first-order valence-electron chi connectivity index (χ1n) is 9.02. The van der Waals surface area contributed by atoms with E-state index in [1.807, 2.05) is 6.92 Å². The zero-order valence-corrected chi connectivity index (χ0v) is 16.4. The van der Waals surface area contributed by atoms with Crippen LogP contribution >= 0.6 is 0 Å². The molecule has 0 aliphatic carbocycles. The van der Waals surface area contributed by atoms with E-state index in [2.05, 4.69) is 49.9 Å². The van der Waals surface area contributed by atoms with Gasteiger partial charge in [0.25, 0.3) is 0 Å². The lowest BCUT2D eigenvalue weighted by Crippen LogP contribution is -2.48. The molecule has 1 aromatic rings. The van der Waals surface area contributed by atoms with E-state index in [0.29, 0.717) is 13.1 Å². The molecular formula is C19H32N2O2S. The summed E-state index contributed by atoms with van der Waals surface area (Å²) in [5, 5.41) is 0. The molecule has 0 bridgehead atoms. The summed E-state index contributed by atoms with van der Waals surface area (Å²) < 4.78 is 26.2. The van der Waals surface area contributed by atoms with Crippen molar-refractivity contribution in [1.82, 2.24) is 9.21 Å². The van der Waals surface area contributed by atoms with E-state index in [1.54, 1.807) is 4.31 Å². The van der Waals surface area contributed by atoms with Crippen molar-refractivity contribution >= 4 is 10.0 Å². The third kappa shape index (κ3) is 5.30. The topological polar surface area (TPSA) is 40.6 Å². The Morgan fingerprint density at radius 1 is 1.00 bits per heavy atom. The van der Waals surface area contributed by atoms with Crippen LogP contribution in [0.1, 0.15) is 51.7 Å². The highest BCUT2D eigenvalue weighted by Crippen LogP contribution is 2.22. The van der Waals surface area contributed by atoms with Crippen LogP contribution in [0, 0.1) is 0 Å². The first-order chi connectivity index (χ1) is 11.2. The van der Waals surface area contributed by atoms with E-state index in [-0.39, 0.29) is 11.2 Å². The van der Waals surface area contributed by atoms with Gasteiger partial charge in [-0.1, -0.05) is 58.4 Å². The number of sulfonamides is 1. The highest BCUT2D eigenvalue weighted by atomic mass is 32.2. The van der Waals surface area contributed by atoms with Crippen molar-refractivity contribution in [2.75, 3.05) is 31.9 Å². The average molecular weight is 353 g/mol. The summed E-state index contributed by atoms with van der Waals surface area (Å²) in [5.41, 5.74) is 2.82. The summed E-state index contributed by atoms with van der Waals surface area (Å²) in [4.78, 5) is 2.35. The van der Waals surface area contributed by atoms with E-state index in [0.717, 1.165) is 32.5 Å². The molecular weight excluding hydrogens is 320 g/mol. The first kappa shape index (κ1) is 19.4. The third-order valence-corrected chi connectivity index (χ3v) is 6.66. The Labute approximate surface area is 147 Å². The quantitative estimate of drug-likeness (QED) is 0.789. The van der Waals surface area contributed by atoms with E-state index in [9.17, 15) is 8.42 Å². The smallest absolute Gasteiger partial charge is 0.214 e. The van der Waals surface area contributed by atoms with Gasteiger partial charge in [0.05, 0.1) is 5.75 Å². The van der Waals surface area contributed by atoms with Crippen molar-refractivity contribution in [2.45, 2.75) is 52.5 Å². The minimum absolute atomic E-state index is 0.178. The fraction of sp³-hybridized carbons (Fsp3) is 0.684. The second kappa shape index (κ2) is 7.98. The zero-order valence-electron chi connectivity index (χ0n) is 15.6. The molecule has 1 heterocycles. The van der Waals surface area contributed by atoms with Gasteiger partial charge in [-0.15, -0.1) is 0 Å². The molecule has 1 aliphatic heterocycles. The summed E-state index contributed by atoms with van der Waals surface area (Å²) in [5.74, 6) is 0.289. The summed E-state index contributed by atoms with van der Waals surface area (Å²) in [6.45, 7) is 12.4. The lowest BCUT2D eigenvalue weighted by atomic mass is 9.87. The molecule has 1 saturated heterocycles. The molecule has 136 valence electrons. The largest absolute Gasteiger partial charge is 0.296 e. The summed E-state index contributed by atoms with van der Waals surface area (Å²) in [6.07, 6.45) is 1.67. The van der Waals surface area contributed by atoms with Crippen molar-refractivity contribution in [2.24, 2.45) is 0 Å². The molecule has 24 heavy (non-hydrogen) atoms. The number of rotatable bonds is 6. The summed E-state index contributed by atoms with van der Waals surface area (Å²) >= 11 is 0. The van der Waals surface area contributed by atoms with Crippen LogP contribution in [0.3, 0.4) is 0 Å². The highest BCUT2D eigenvalue weighted by Gasteiger charge is 2.26. The molecule has 4 nitrogen and oxygen atoms in total. The van der Waals surface area contributed by atoms with Crippen molar-refractivity contribution in [3.63, 3.8) is 0 Å². The summed E-state index contributed by atoms with van der Waals surface area (Å²) in [6, 6.07) is 8.82. The van der Waals surface area contributed by atoms with E-state index >= 15 is 0 Å². The molecule has 5 heteroatoms. The second-order valence-corrected chi connectivity index (χ2v) is 9.88. The molecule has 0 amide bonds. The molecule has 2 rings (SSSR count). The number of benzene rings is 1. The predicted octanol–water partition coefficient (Wildman–Crippen LogP) is 3.23. The van der Waals surface area contributed by atoms with Crippen molar-refractivity contribution in [1.29, 1.82) is 0 Å². The van der Waals surface area contributed by atoms with Crippen LogP contribution in [0.2, 0.25) is 0 Å². The molecule has 1 aliphatic rings. The van der Waals surface area contributed by atoms with Crippen LogP contribution < -0.4 is 0 Å². The standard InChI is InChI=1S/C19H32N2O2S/c1-5-6-15-24(22,23)21-13-11-20(12-14-21)16-17-7-9-18(10-8-17)19(2,3)4/h7-10H,5-6,11-16H2,1-4H3. The minimum atomic E-state index is -3.06. The van der Waals surface area contributed by atoms with Crippen molar-refractivity contribution in [3.05, 3.63) is 35.4 Å². The molecule has 0 spiro atoms. The van der Waals surface area contributed by atoms with Crippen LogP contribution in [-0.2, 0) is 22.0 Å². The maximum atomic E-state index is 12.2. The third-order valence-electron chi connectivity index (χ3n) is 4.71. The number of unbranched alkanes of at least 4 members (excludes halogenated alkanes) is 1. The average Bonchev–Trinajstić information content (AvgIpc) is 2.53. The van der Waals surface area contributed by atoms with Crippen molar-refractivity contribution in [3.8, 4) is 0 Å². The lowest BCUT2D eigenvalue weighted by Gasteiger charge is -2.34. The van der Waals surface area contributed by atoms with E-state index < -0.39 is 10.0 Å². The molecule has 0 unspecified atom stereocenters. The van der Waals surface area contributed by atoms with Gasteiger partial charge in [0, 0.05) is 32.7 Å². The van der Waals surface area contributed by atoms with E-state index in [4.69, 9.17) is 0 Å². The number of hydrogen-bond acceptors (Lipinski definition) is 3. The van der Waals surface area contributed by atoms with Gasteiger partial charge in [-0.25, -0.2) is 8.42 Å². The Morgan fingerprint density at radius 3 is 2.08 bits per heavy atom. The fourth-order valence-electron chi connectivity index (χ4n) is 2.99. The van der Waals surface area contributed by atoms with Gasteiger partial charge in [0.1, 0.15) is 0 Å². The number of nitrogens with zero attached hydrogens (tertiary/aromatic N) is 2. The number of piperazine rings is 1. The van der Waals surface area contributed by atoms with Crippen LogP contribution in [0.15, 0.2) is 24.3 Å². The van der Waals surface area contributed by atoms with Gasteiger partial charge in [-0.2, -0.15) is 4.31 Å². The molecule has 0 radical (unpaired) electrons. The maximum absolute atomic E-state index is 12.2. The maximum Gasteiger partial charge on any atom is 0.214 e. The molecule has 1 fully saturated rings. The van der Waals surface area contributed by atoms with Gasteiger partial charge < -0.3 is 0 Å². The van der Waals surface area contributed by atoms with Gasteiger partial charge in [0.2, 0.25) is 10.0 Å². The number of hydrogen-bond donors (Lipinski definition) is 0. The monoisotopic (exact) mass is 352 g/mol. The van der Waals surface area contributed by atoms with Gasteiger partial charge >= 0.3 is 0 Å². The first-order valence-corrected chi connectivity index (χ1v) is 10.6. The van der Waals surface area contributed by atoms with Gasteiger partial charge in [-0.3, -0.25) is 4.90 Å². The van der Waals surface area contributed by atoms with E-state index in [1.165, 1.54) is 11.1 Å². The Kier molecular flexibility index (Phi) is 6.46. The molecule has 0 N–H and O–H groups in total. The molecule has 1 aromatic carbocycles. The minimum Gasteiger partial charge on any atom is -0.296 e. The zero-order chi connectivity index (χ0) is 17.8. The predicted molar refractivity (Wildman–Crippen MR) is 101 cm³/mol. The van der Waals surface area contributed by atoms with Crippen LogP contribution in [-0.4, -0.2) is 49.6 Å². The van der Waals surface area contributed by atoms with Gasteiger partial charge in [0.15, 0.2) is 0 Å². The van der Waals surface area contributed by atoms with Crippen LogP contribution in [0.25, 0.3) is 0 Å². The molecule has 0 atom stereocenters. The molecule has 0 saturated carbocycles. The highest BCUT2D eigenvalue weighted by molar-refractivity contribution is 7.89. The Balaban J connectivity index is 1.87. The van der Waals surface area contributed by atoms with Crippen LogP contribution in [0.5, 0.6) is 0 Å². The SMILES string of the molecule is CCCCS(=O)(=O)N1CCN(Cc2ccc(C(C)(C)C)cc2)CC1. The van der Waals surface area contributed by atoms with Crippen molar-refractivity contribution < 1.29 is 8.42 Å². The molecule has 0 aromatic heterocycles. The van der Waals surface area contributed by atoms with Crippen LogP contribution in [0.4, 0.5) is 0 Å². The lowest BCUT2D eigenvalue weighted by molar-refractivity contribution is 0.181. The normalized spacial score (nSPS) is 18.0. The Morgan fingerprint density at radius 2 is 1.58 bits per heavy atom.